The molecule has 0 bridgehead atoms. The van der Waals surface area contributed by atoms with Gasteiger partial charge in [-0.3, -0.25) is 4.79 Å². The average Bonchev–Trinajstić information content (AvgIpc) is 3.45. The van der Waals surface area contributed by atoms with Gasteiger partial charge >= 0.3 is 12.1 Å². The Balaban J connectivity index is 1.13. The Labute approximate surface area is 198 Å². The Morgan fingerprint density at radius 3 is 2.29 bits per heavy atom. The molecule has 5 rings (SSSR count). The maximum absolute atomic E-state index is 12.8. The lowest BCUT2D eigenvalue weighted by Crippen LogP contribution is -2.40. The van der Waals surface area contributed by atoms with E-state index in [1.807, 2.05) is 24.3 Å². The van der Waals surface area contributed by atoms with Crippen LogP contribution in [0.15, 0.2) is 60.2 Å². The predicted octanol–water partition coefficient (Wildman–Crippen LogP) is 3.94. The van der Waals surface area contributed by atoms with Gasteiger partial charge in [0, 0.05) is 36.5 Å². The molecule has 34 heavy (non-hydrogen) atoms. The number of alkyl carbamates (subject to hydrolysis) is 1. The summed E-state index contributed by atoms with van der Waals surface area (Å²) < 4.78 is 5.64. The molecule has 176 valence electrons. The van der Waals surface area contributed by atoms with Crippen molar-refractivity contribution in [2.75, 3.05) is 19.7 Å². The third-order valence-corrected chi connectivity index (χ3v) is 7.24. The number of rotatable bonds is 5. The van der Waals surface area contributed by atoms with Crippen LogP contribution in [-0.4, -0.2) is 53.7 Å². The average molecular weight is 461 g/mol. The fraction of sp³-hybridized carbons (Fsp3) is 0.370. The Morgan fingerprint density at radius 2 is 1.68 bits per heavy atom. The number of nitrogens with zero attached hydrogens (tertiary/aromatic N) is 1. The summed E-state index contributed by atoms with van der Waals surface area (Å²) in [7, 11) is 0. The highest BCUT2D eigenvalue weighted by Crippen LogP contribution is 2.44. The summed E-state index contributed by atoms with van der Waals surface area (Å²) in [6.07, 6.45) is 3.55. The molecule has 1 aliphatic heterocycles. The van der Waals surface area contributed by atoms with Crippen molar-refractivity contribution in [3.8, 4) is 11.1 Å². The molecule has 0 spiro atoms. The van der Waals surface area contributed by atoms with Gasteiger partial charge in [-0.1, -0.05) is 54.6 Å². The number of carbonyl (C=O) groups is 3. The Hall–Kier alpha value is -3.61. The zero-order valence-electron chi connectivity index (χ0n) is 18.9. The molecule has 7 nitrogen and oxygen atoms in total. The van der Waals surface area contributed by atoms with Crippen LogP contribution in [-0.2, 0) is 14.3 Å². The molecule has 0 unspecified atom stereocenters. The molecule has 3 aliphatic rings. The lowest BCUT2D eigenvalue weighted by atomic mass is 9.98. The molecule has 1 fully saturated rings. The Morgan fingerprint density at radius 1 is 1.00 bits per heavy atom. The van der Waals surface area contributed by atoms with Gasteiger partial charge in [-0.25, -0.2) is 9.59 Å². The molecule has 0 saturated heterocycles. The minimum Gasteiger partial charge on any atom is -0.478 e. The molecule has 1 heterocycles. The number of ether oxygens (including phenoxy) is 1. The fourth-order valence-electron chi connectivity index (χ4n) is 5.47. The Bertz CT molecular complexity index is 1110. The molecular formula is C27H28N2O5. The van der Waals surface area contributed by atoms with Crippen molar-refractivity contribution in [1.29, 1.82) is 0 Å². The summed E-state index contributed by atoms with van der Waals surface area (Å²) in [4.78, 5) is 38.2. The first-order valence-electron chi connectivity index (χ1n) is 11.8. The van der Waals surface area contributed by atoms with E-state index in [4.69, 9.17) is 9.84 Å². The van der Waals surface area contributed by atoms with Crippen LogP contribution in [0, 0.1) is 5.92 Å². The normalized spacial score (nSPS) is 21.4. The number of aliphatic carboxylic acids is 1. The van der Waals surface area contributed by atoms with E-state index < -0.39 is 12.1 Å². The monoisotopic (exact) mass is 460 g/mol. The van der Waals surface area contributed by atoms with Gasteiger partial charge in [-0.05, 0) is 47.9 Å². The summed E-state index contributed by atoms with van der Waals surface area (Å²) in [6, 6.07) is 16.3. The van der Waals surface area contributed by atoms with E-state index in [1.54, 1.807) is 11.0 Å². The molecule has 2 N–H and O–H groups in total. The standard InChI is InChI=1S/C27H28N2O5/c30-25(29-13-11-17(12-14-29)26(31)32)18-9-10-19(15-18)28-27(33)34-16-24-22-7-3-1-5-20(22)21-6-2-4-8-23(21)24/h1-8,11,18-19,24H,9-10,12-16H2,(H,28,33)(H,31,32)/t18-,19+/m1/s1. The van der Waals surface area contributed by atoms with Crippen LogP contribution in [0.5, 0.6) is 0 Å². The van der Waals surface area contributed by atoms with Crippen LogP contribution in [0.2, 0.25) is 0 Å². The molecular weight excluding hydrogens is 432 g/mol. The molecule has 7 heteroatoms. The molecule has 2 aliphatic carbocycles. The van der Waals surface area contributed by atoms with E-state index >= 15 is 0 Å². The van der Waals surface area contributed by atoms with E-state index in [0.717, 1.165) is 6.42 Å². The van der Waals surface area contributed by atoms with Crippen molar-refractivity contribution in [3.05, 3.63) is 71.3 Å². The summed E-state index contributed by atoms with van der Waals surface area (Å²) in [6.45, 7) is 1.03. The highest BCUT2D eigenvalue weighted by Gasteiger charge is 2.35. The van der Waals surface area contributed by atoms with Gasteiger partial charge in [0.1, 0.15) is 6.61 Å². The number of hydrogen-bond donors (Lipinski definition) is 2. The number of fused-ring (bicyclic) bond motifs is 3. The van der Waals surface area contributed by atoms with Crippen molar-refractivity contribution >= 4 is 18.0 Å². The quantitative estimate of drug-likeness (QED) is 0.705. The number of hydrogen-bond acceptors (Lipinski definition) is 4. The van der Waals surface area contributed by atoms with Crippen LogP contribution in [0.25, 0.3) is 11.1 Å². The number of carboxylic acid groups (broad SMARTS) is 1. The van der Waals surface area contributed by atoms with Gasteiger partial charge in [-0.2, -0.15) is 0 Å². The number of carbonyl (C=O) groups excluding carboxylic acids is 2. The van der Waals surface area contributed by atoms with Crippen molar-refractivity contribution in [2.24, 2.45) is 5.92 Å². The Kier molecular flexibility index (Phi) is 6.09. The molecule has 1 saturated carbocycles. The molecule has 0 aromatic heterocycles. The molecule has 2 aromatic rings. The lowest BCUT2D eigenvalue weighted by Gasteiger charge is -2.28. The number of nitrogens with one attached hydrogen (secondary N) is 1. The van der Waals surface area contributed by atoms with E-state index in [0.29, 0.717) is 37.9 Å². The highest BCUT2D eigenvalue weighted by atomic mass is 16.5. The fourth-order valence-corrected chi connectivity index (χ4v) is 5.47. The second-order valence-electron chi connectivity index (χ2n) is 9.25. The van der Waals surface area contributed by atoms with Gasteiger partial charge in [-0.15, -0.1) is 0 Å². The van der Waals surface area contributed by atoms with Crippen LogP contribution in [0.4, 0.5) is 4.79 Å². The first-order chi connectivity index (χ1) is 16.5. The largest absolute Gasteiger partial charge is 0.478 e. The zero-order chi connectivity index (χ0) is 23.7. The van der Waals surface area contributed by atoms with Gasteiger partial charge in [0.15, 0.2) is 0 Å². The number of benzene rings is 2. The summed E-state index contributed by atoms with van der Waals surface area (Å²) >= 11 is 0. The minimum absolute atomic E-state index is 0.0129. The minimum atomic E-state index is -0.916. The molecule has 2 aromatic carbocycles. The highest BCUT2D eigenvalue weighted by molar-refractivity contribution is 5.87. The van der Waals surface area contributed by atoms with E-state index in [9.17, 15) is 14.4 Å². The van der Waals surface area contributed by atoms with Crippen molar-refractivity contribution in [3.63, 3.8) is 0 Å². The summed E-state index contributed by atoms with van der Waals surface area (Å²) in [5, 5.41) is 12.0. The smallest absolute Gasteiger partial charge is 0.407 e. The second-order valence-corrected chi connectivity index (χ2v) is 9.25. The van der Waals surface area contributed by atoms with Crippen LogP contribution < -0.4 is 5.32 Å². The van der Waals surface area contributed by atoms with Crippen molar-refractivity contribution in [1.82, 2.24) is 10.2 Å². The van der Waals surface area contributed by atoms with E-state index in [-0.39, 0.29) is 30.4 Å². The van der Waals surface area contributed by atoms with E-state index in [2.05, 4.69) is 29.6 Å². The van der Waals surface area contributed by atoms with Gasteiger partial charge in [0.2, 0.25) is 5.91 Å². The van der Waals surface area contributed by atoms with Crippen LogP contribution in [0.3, 0.4) is 0 Å². The first kappa shape index (κ1) is 22.2. The molecule has 2 amide bonds. The summed E-state index contributed by atoms with van der Waals surface area (Å²) in [5.74, 6) is -1.02. The predicted molar refractivity (Wildman–Crippen MR) is 126 cm³/mol. The third-order valence-electron chi connectivity index (χ3n) is 7.24. The lowest BCUT2D eigenvalue weighted by molar-refractivity contribution is -0.137. The first-order valence-corrected chi connectivity index (χ1v) is 11.8. The molecule has 0 radical (unpaired) electrons. The van der Waals surface area contributed by atoms with Crippen molar-refractivity contribution in [2.45, 2.75) is 37.6 Å². The number of amides is 2. The van der Waals surface area contributed by atoms with Crippen LogP contribution in [0.1, 0.15) is 42.7 Å². The summed E-state index contributed by atoms with van der Waals surface area (Å²) in [5.41, 5.74) is 5.08. The topological polar surface area (TPSA) is 95.9 Å². The zero-order valence-corrected chi connectivity index (χ0v) is 18.9. The molecule has 2 atom stereocenters. The second kappa shape index (κ2) is 9.33. The van der Waals surface area contributed by atoms with E-state index in [1.165, 1.54) is 22.3 Å². The maximum Gasteiger partial charge on any atom is 0.407 e. The number of carboxylic acids is 1. The van der Waals surface area contributed by atoms with Gasteiger partial charge in [0.05, 0.1) is 0 Å². The van der Waals surface area contributed by atoms with Crippen molar-refractivity contribution < 1.29 is 24.2 Å². The van der Waals surface area contributed by atoms with Crippen LogP contribution >= 0.6 is 0 Å². The van der Waals surface area contributed by atoms with Gasteiger partial charge in [0.25, 0.3) is 0 Å². The maximum atomic E-state index is 12.8. The SMILES string of the molecule is O=C(N[C@H]1CC[C@@H](C(=O)N2CC=C(C(=O)O)CC2)C1)OCC1c2ccccc2-c2ccccc21. The van der Waals surface area contributed by atoms with Gasteiger partial charge < -0.3 is 20.1 Å². The third kappa shape index (κ3) is 4.30.